The van der Waals surface area contributed by atoms with Crippen LogP contribution in [0.3, 0.4) is 0 Å². The minimum absolute atomic E-state index is 0.126. The van der Waals surface area contributed by atoms with E-state index in [4.69, 9.17) is 0 Å². The summed E-state index contributed by atoms with van der Waals surface area (Å²) in [6.45, 7) is 0. The minimum atomic E-state index is -4.29. The Bertz CT molecular complexity index is 662. The molecular weight excluding hydrogens is 289 g/mol. The van der Waals surface area contributed by atoms with Gasteiger partial charge in [0.2, 0.25) is 0 Å². The first-order valence-corrected chi connectivity index (χ1v) is 6.33. The fourth-order valence-corrected chi connectivity index (χ4v) is 1.97. The Balaban J connectivity index is 2.09. The number of H-pyrrole nitrogens is 1. The van der Waals surface area contributed by atoms with E-state index in [0.29, 0.717) is 11.4 Å². The van der Waals surface area contributed by atoms with Crippen molar-refractivity contribution in [3.8, 4) is 0 Å². The molecule has 3 nitrogen and oxygen atoms in total. The van der Waals surface area contributed by atoms with Crippen LogP contribution in [0, 0.1) is 0 Å². The molecule has 7 heteroatoms. The van der Waals surface area contributed by atoms with E-state index in [2.05, 4.69) is 9.97 Å². The SMILES string of the molecule is O=c1ccnc(/C=C/c2ccc(SC(F)(F)F)cc2)[nH]1. The number of hydrogen-bond acceptors (Lipinski definition) is 3. The van der Waals surface area contributed by atoms with E-state index in [1.165, 1.54) is 24.4 Å². The molecule has 1 N–H and O–H groups in total. The van der Waals surface area contributed by atoms with Gasteiger partial charge in [0, 0.05) is 17.2 Å². The Hall–Kier alpha value is -2.02. The number of nitrogens with one attached hydrogen (secondary N) is 1. The quantitative estimate of drug-likeness (QED) is 0.881. The fraction of sp³-hybridized carbons (Fsp3) is 0.0769. The number of rotatable bonds is 3. The van der Waals surface area contributed by atoms with Gasteiger partial charge in [-0.2, -0.15) is 13.2 Å². The van der Waals surface area contributed by atoms with Crippen molar-refractivity contribution in [2.24, 2.45) is 0 Å². The molecule has 104 valence electrons. The Morgan fingerprint density at radius 3 is 2.40 bits per heavy atom. The summed E-state index contributed by atoms with van der Waals surface area (Å²) >= 11 is -0.158. The number of benzene rings is 1. The van der Waals surface area contributed by atoms with Gasteiger partial charge in [-0.1, -0.05) is 18.2 Å². The summed E-state index contributed by atoms with van der Waals surface area (Å²) in [5.41, 5.74) is -3.84. The Kier molecular flexibility index (Phi) is 4.29. The summed E-state index contributed by atoms with van der Waals surface area (Å²) in [5.74, 6) is 0.381. The van der Waals surface area contributed by atoms with Gasteiger partial charge in [0.15, 0.2) is 0 Å². The summed E-state index contributed by atoms with van der Waals surface area (Å²) in [4.78, 5) is 17.6. The van der Waals surface area contributed by atoms with Gasteiger partial charge in [-0.3, -0.25) is 4.79 Å². The normalized spacial score (nSPS) is 11.9. The molecule has 0 fully saturated rings. The van der Waals surface area contributed by atoms with Gasteiger partial charge in [0.1, 0.15) is 5.82 Å². The second-order valence-electron chi connectivity index (χ2n) is 3.77. The highest BCUT2D eigenvalue weighted by Gasteiger charge is 2.28. The topological polar surface area (TPSA) is 45.8 Å². The summed E-state index contributed by atoms with van der Waals surface area (Å²) in [6, 6.07) is 7.19. The molecule has 0 atom stereocenters. The monoisotopic (exact) mass is 298 g/mol. The van der Waals surface area contributed by atoms with Crippen molar-refractivity contribution in [1.29, 1.82) is 0 Å². The van der Waals surface area contributed by atoms with Crippen molar-refractivity contribution in [2.75, 3.05) is 0 Å². The molecule has 1 aromatic carbocycles. The summed E-state index contributed by atoms with van der Waals surface area (Å²) in [7, 11) is 0. The van der Waals surface area contributed by atoms with Gasteiger partial charge in [0.25, 0.3) is 5.56 Å². The summed E-state index contributed by atoms with van der Waals surface area (Å²) < 4.78 is 36.5. The largest absolute Gasteiger partial charge is 0.446 e. The van der Waals surface area contributed by atoms with Crippen LogP contribution in [-0.2, 0) is 0 Å². The van der Waals surface area contributed by atoms with Crippen molar-refractivity contribution in [2.45, 2.75) is 10.4 Å². The van der Waals surface area contributed by atoms with Crippen LogP contribution in [0.1, 0.15) is 11.4 Å². The molecule has 0 saturated carbocycles. The number of aromatic nitrogens is 2. The lowest BCUT2D eigenvalue weighted by molar-refractivity contribution is -0.0328. The van der Waals surface area contributed by atoms with E-state index in [1.807, 2.05) is 0 Å². The highest BCUT2D eigenvalue weighted by atomic mass is 32.2. The second kappa shape index (κ2) is 5.96. The van der Waals surface area contributed by atoms with Crippen molar-refractivity contribution in [3.63, 3.8) is 0 Å². The summed E-state index contributed by atoms with van der Waals surface area (Å²) in [5, 5.41) is 0. The van der Waals surface area contributed by atoms with E-state index in [-0.39, 0.29) is 22.2 Å². The first-order chi connectivity index (χ1) is 9.42. The molecule has 1 heterocycles. The Morgan fingerprint density at radius 1 is 1.10 bits per heavy atom. The molecule has 0 saturated heterocycles. The number of thioether (sulfide) groups is 1. The average molecular weight is 298 g/mol. The zero-order valence-electron chi connectivity index (χ0n) is 10.0. The van der Waals surface area contributed by atoms with Crippen LogP contribution in [0.2, 0.25) is 0 Å². The van der Waals surface area contributed by atoms with Gasteiger partial charge in [0.05, 0.1) is 0 Å². The van der Waals surface area contributed by atoms with E-state index in [0.717, 1.165) is 0 Å². The van der Waals surface area contributed by atoms with Gasteiger partial charge < -0.3 is 4.98 Å². The Labute approximate surface area is 116 Å². The lowest BCUT2D eigenvalue weighted by atomic mass is 10.2. The number of hydrogen-bond donors (Lipinski definition) is 1. The molecule has 2 rings (SSSR count). The highest BCUT2D eigenvalue weighted by molar-refractivity contribution is 8.00. The molecule has 2 aromatic rings. The standard InChI is InChI=1S/C13H9F3N2OS/c14-13(15,16)20-10-4-1-9(2-5-10)3-6-11-17-8-7-12(19)18-11/h1-8H,(H,17,18,19)/b6-3+. The molecule has 0 unspecified atom stereocenters. The maximum absolute atomic E-state index is 12.2. The van der Waals surface area contributed by atoms with Crippen molar-refractivity contribution < 1.29 is 13.2 Å². The lowest BCUT2D eigenvalue weighted by Crippen LogP contribution is -2.05. The molecule has 0 aliphatic rings. The van der Waals surface area contributed by atoms with E-state index < -0.39 is 5.51 Å². The van der Waals surface area contributed by atoms with Crippen molar-refractivity contribution in [3.05, 3.63) is 58.3 Å². The molecule has 0 amide bonds. The molecular formula is C13H9F3N2OS. The average Bonchev–Trinajstić information content (AvgIpc) is 2.36. The van der Waals surface area contributed by atoms with Crippen LogP contribution < -0.4 is 5.56 Å². The molecule has 0 radical (unpaired) electrons. The van der Waals surface area contributed by atoms with E-state index in [1.54, 1.807) is 24.3 Å². The third-order valence-corrected chi connectivity index (χ3v) is 2.98. The molecule has 0 aliphatic heterocycles. The predicted octanol–water partition coefficient (Wildman–Crippen LogP) is 3.55. The summed E-state index contributed by atoms with van der Waals surface area (Å²) in [6.07, 6.45) is 4.61. The number of aromatic amines is 1. The maximum Gasteiger partial charge on any atom is 0.446 e. The predicted molar refractivity (Wildman–Crippen MR) is 72.1 cm³/mol. The van der Waals surface area contributed by atoms with Gasteiger partial charge in [-0.05, 0) is 35.5 Å². The van der Waals surface area contributed by atoms with Gasteiger partial charge >= 0.3 is 5.51 Å². The second-order valence-corrected chi connectivity index (χ2v) is 4.91. The van der Waals surface area contributed by atoms with Crippen LogP contribution in [0.25, 0.3) is 12.2 Å². The third kappa shape index (κ3) is 4.58. The molecule has 20 heavy (non-hydrogen) atoms. The first-order valence-electron chi connectivity index (χ1n) is 5.52. The van der Waals surface area contributed by atoms with Crippen LogP contribution in [0.5, 0.6) is 0 Å². The van der Waals surface area contributed by atoms with Crippen LogP contribution >= 0.6 is 11.8 Å². The van der Waals surface area contributed by atoms with Crippen LogP contribution in [0.15, 0.2) is 46.2 Å². The Morgan fingerprint density at radius 2 is 1.80 bits per heavy atom. The van der Waals surface area contributed by atoms with Crippen molar-refractivity contribution >= 4 is 23.9 Å². The molecule has 0 aliphatic carbocycles. The van der Waals surface area contributed by atoms with Crippen LogP contribution in [-0.4, -0.2) is 15.5 Å². The number of halogens is 3. The molecule has 0 bridgehead atoms. The van der Waals surface area contributed by atoms with Crippen molar-refractivity contribution in [1.82, 2.24) is 9.97 Å². The third-order valence-electron chi connectivity index (χ3n) is 2.24. The zero-order valence-corrected chi connectivity index (χ0v) is 10.8. The van der Waals surface area contributed by atoms with E-state index in [9.17, 15) is 18.0 Å². The van der Waals surface area contributed by atoms with Gasteiger partial charge in [-0.25, -0.2) is 4.98 Å². The molecule has 1 aromatic heterocycles. The number of nitrogens with zero attached hydrogens (tertiary/aromatic N) is 1. The fourth-order valence-electron chi connectivity index (χ4n) is 1.43. The zero-order chi connectivity index (χ0) is 14.6. The smallest absolute Gasteiger partial charge is 0.307 e. The highest BCUT2D eigenvalue weighted by Crippen LogP contribution is 2.36. The van der Waals surface area contributed by atoms with Crippen LogP contribution in [0.4, 0.5) is 13.2 Å². The lowest BCUT2D eigenvalue weighted by Gasteiger charge is -2.05. The van der Waals surface area contributed by atoms with Gasteiger partial charge in [-0.15, -0.1) is 0 Å². The molecule has 0 spiro atoms. The maximum atomic E-state index is 12.2. The minimum Gasteiger partial charge on any atom is -0.307 e. The number of alkyl halides is 3. The van der Waals surface area contributed by atoms with E-state index >= 15 is 0 Å². The first kappa shape index (κ1) is 14.4.